The number of likely N-dealkylation sites (N-methyl/N-ethyl adjacent to an activating group) is 1. The standard InChI is InChI=1S/C22H26Cl2N4O3S/c1-13-17(19(26-31-13)18-14(23)5-4-6-15(18)24)21(30)28-10-8-22(9-11-28)25-16(7-12-32-3)20(29)27(22)2/h4-6,16,25H,7-12H2,1-3H3. The number of thioether (sulfide) groups is 1. The molecule has 172 valence electrons. The minimum atomic E-state index is -0.407. The van der Waals surface area contributed by atoms with E-state index in [2.05, 4.69) is 10.5 Å². The molecule has 0 radical (unpaired) electrons. The van der Waals surface area contributed by atoms with Gasteiger partial charge in [-0.2, -0.15) is 11.8 Å². The molecule has 10 heteroatoms. The van der Waals surface area contributed by atoms with Crippen molar-refractivity contribution >= 4 is 46.8 Å². The van der Waals surface area contributed by atoms with E-state index < -0.39 is 5.66 Å². The van der Waals surface area contributed by atoms with Crippen LogP contribution in [-0.4, -0.2) is 70.6 Å². The molecule has 3 heterocycles. The molecule has 7 nitrogen and oxygen atoms in total. The molecule has 2 amide bonds. The van der Waals surface area contributed by atoms with Gasteiger partial charge in [0.15, 0.2) is 0 Å². The Bertz CT molecular complexity index is 1020. The molecule has 2 fully saturated rings. The van der Waals surface area contributed by atoms with E-state index in [0.717, 1.165) is 12.2 Å². The van der Waals surface area contributed by atoms with Crippen LogP contribution in [0.2, 0.25) is 10.0 Å². The average molecular weight is 497 g/mol. The zero-order valence-electron chi connectivity index (χ0n) is 18.3. The first-order valence-corrected chi connectivity index (χ1v) is 12.7. The first-order chi connectivity index (χ1) is 15.3. The molecular weight excluding hydrogens is 471 g/mol. The maximum absolute atomic E-state index is 13.5. The van der Waals surface area contributed by atoms with Crippen molar-refractivity contribution in [2.45, 2.75) is 37.9 Å². The third kappa shape index (κ3) is 4.02. The number of piperidine rings is 1. The van der Waals surface area contributed by atoms with Gasteiger partial charge in [-0.1, -0.05) is 34.4 Å². The van der Waals surface area contributed by atoms with Gasteiger partial charge in [-0.05, 0) is 37.5 Å². The highest BCUT2D eigenvalue weighted by atomic mass is 35.5. The number of benzene rings is 1. The Hall–Kier alpha value is -1.74. The number of halogens is 2. The van der Waals surface area contributed by atoms with Gasteiger partial charge in [0, 0.05) is 38.5 Å². The highest BCUT2D eigenvalue weighted by molar-refractivity contribution is 7.98. The normalized spacial score (nSPS) is 20.4. The van der Waals surface area contributed by atoms with Gasteiger partial charge in [0.25, 0.3) is 5.91 Å². The predicted octanol–water partition coefficient (Wildman–Crippen LogP) is 4.07. The summed E-state index contributed by atoms with van der Waals surface area (Å²) >= 11 is 14.5. The molecule has 4 rings (SSSR count). The fraction of sp³-hybridized carbons (Fsp3) is 0.500. The molecule has 1 unspecified atom stereocenters. The number of rotatable bonds is 5. The van der Waals surface area contributed by atoms with Crippen LogP contribution in [0.25, 0.3) is 11.3 Å². The molecule has 1 N–H and O–H groups in total. The van der Waals surface area contributed by atoms with Gasteiger partial charge >= 0.3 is 0 Å². The Morgan fingerprint density at radius 2 is 1.97 bits per heavy atom. The Morgan fingerprint density at radius 3 is 2.59 bits per heavy atom. The number of hydrogen-bond acceptors (Lipinski definition) is 6. The summed E-state index contributed by atoms with van der Waals surface area (Å²) in [4.78, 5) is 29.8. The number of nitrogens with zero attached hydrogens (tertiary/aromatic N) is 3. The molecule has 2 aliphatic heterocycles. The Labute approximate surface area is 201 Å². The maximum atomic E-state index is 13.5. The van der Waals surface area contributed by atoms with Gasteiger partial charge < -0.3 is 14.3 Å². The van der Waals surface area contributed by atoms with Crippen LogP contribution in [0.1, 0.15) is 35.4 Å². The topological polar surface area (TPSA) is 78.7 Å². The summed E-state index contributed by atoms with van der Waals surface area (Å²) in [6, 6.07) is 4.99. The van der Waals surface area contributed by atoms with E-state index in [1.54, 1.807) is 41.8 Å². The van der Waals surface area contributed by atoms with Crippen LogP contribution < -0.4 is 5.32 Å². The lowest BCUT2D eigenvalue weighted by atomic mass is 9.95. The van der Waals surface area contributed by atoms with Crippen LogP contribution in [-0.2, 0) is 4.79 Å². The molecule has 1 atom stereocenters. The SMILES string of the molecule is CSCCC1NC2(CCN(C(=O)c3c(-c4c(Cl)cccc4Cl)noc3C)CC2)N(C)C1=O. The number of nitrogens with one attached hydrogen (secondary N) is 1. The van der Waals surface area contributed by atoms with Crippen molar-refractivity contribution in [3.8, 4) is 11.3 Å². The fourth-order valence-electron chi connectivity index (χ4n) is 4.60. The lowest BCUT2D eigenvalue weighted by molar-refractivity contribution is -0.131. The number of hydrogen-bond donors (Lipinski definition) is 1. The number of carbonyl (C=O) groups is 2. The molecule has 2 saturated heterocycles. The van der Waals surface area contributed by atoms with Crippen LogP contribution in [0.4, 0.5) is 0 Å². The molecule has 0 bridgehead atoms. The number of likely N-dealkylation sites (tertiary alicyclic amines) is 1. The van der Waals surface area contributed by atoms with Gasteiger partial charge in [0.05, 0.1) is 21.7 Å². The zero-order chi connectivity index (χ0) is 23.0. The summed E-state index contributed by atoms with van der Waals surface area (Å²) in [7, 11) is 1.85. The molecule has 1 spiro atoms. The third-order valence-electron chi connectivity index (χ3n) is 6.48. The largest absolute Gasteiger partial charge is 0.360 e. The van der Waals surface area contributed by atoms with Crippen LogP contribution in [0.5, 0.6) is 0 Å². The number of carbonyl (C=O) groups excluding carboxylic acids is 2. The maximum Gasteiger partial charge on any atom is 0.259 e. The summed E-state index contributed by atoms with van der Waals surface area (Å²) < 4.78 is 5.37. The minimum Gasteiger partial charge on any atom is -0.360 e. The van der Waals surface area contributed by atoms with Gasteiger partial charge in [0.1, 0.15) is 17.0 Å². The van der Waals surface area contributed by atoms with Gasteiger partial charge in [0.2, 0.25) is 5.91 Å². The van der Waals surface area contributed by atoms with Crippen molar-refractivity contribution in [2.24, 2.45) is 0 Å². The fourth-order valence-corrected chi connectivity index (χ4v) is 5.64. The zero-order valence-corrected chi connectivity index (χ0v) is 20.6. The Balaban J connectivity index is 1.53. The minimum absolute atomic E-state index is 0.129. The molecule has 2 aromatic rings. The second-order valence-electron chi connectivity index (χ2n) is 8.26. The van der Waals surface area contributed by atoms with E-state index >= 15 is 0 Å². The summed E-state index contributed by atoms with van der Waals surface area (Å²) in [6.07, 6.45) is 4.16. The van der Waals surface area contributed by atoms with Gasteiger partial charge in [-0.15, -0.1) is 0 Å². The van der Waals surface area contributed by atoms with Crippen molar-refractivity contribution in [1.82, 2.24) is 20.3 Å². The second-order valence-corrected chi connectivity index (χ2v) is 10.1. The quantitative estimate of drug-likeness (QED) is 0.671. The molecule has 0 aliphatic carbocycles. The van der Waals surface area contributed by atoms with Crippen molar-refractivity contribution in [3.63, 3.8) is 0 Å². The Kier molecular flexibility index (Phi) is 6.77. The highest BCUT2D eigenvalue weighted by Gasteiger charge is 2.50. The van der Waals surface area contributed by atoms with E-state index in [1.807, 2.05) is 18.2 Å². The van der Waals surface area contributed by atoms with E-state index in [-0.39, 0.29) is 17.9 Å². The first kappa shape index (κ1) is 23.4. The van der Waals surface area contributed by atoms with Crippen LogP contribution >= 0.6 is 35.0 Å². The highest BCUT2D eigenvalue weighted by Crippen LogP contribution is 2.38. The first-order valence-electron chi connectivity index (χ1n) is 10.5. The summed E-state index contributed by atoms with van der Waals surface area (Å²) in [5, 5.41) is 8.47. The average Bonchev–Trinajstić information content (AvgIpc) is 3.25. The van der Waals surface area contributed by atoms with E-state index in [0.29, 0.717) is 58.6 Å². The van der Waals surface area contributed by atoms with Crippen molar-refractivity contribution in [3.05, 3.63) is 39.6 Å². The molecular formula is C22H26Cl2N4O3S. The van der Waals surface area contributed by atoms with Crippen molar-refractivity contribution in [1.29, 1.82) is 0 Å². The smallest absolute Gasteiger partial charge is 0.259 e. The van der Waals surface area contributed by atoms with E-state index in [4.69, 9.17) is 27.7 Å². The summed E-state index contributed by atoms with van der Waals surface area (Å²) in [5.74, 6) is 1.31. The van der Waals surface area contributed by atoms with Crippen LogP contribution in [0.15, 0.2) is 22.7 Å². The molecule has 32 heavy (non-hydrogen) atoms. The Morgan fingerprint density at radius 1 is 1.31 bits per heavy atom. The lowest BCUT2D eigenvalue weighted by Gasteiger charge is -2.43. The second kappa shape index (κ2) is 9.25. The van der Waals surface area contributed by atoms with Crippen molar-refractivity contribution in [2.75, 3.05) is 32.1 Å². The molecule has 1 aromatic carbocycles. The third-order valence-corrected chi connectivity index (χ3v) is 7.75. The summed E-state index contributed by atoms with van der Waals surface area (Å²) in [5.41, 5.74) is 0.809. The number of aryl methyl sites for hydroxylation is 1. The molecule has 0 saturated carbocycles. The van der Waals surface area contributed by atoms with Crippen molar-refractivity contribution < 1.29 is 14.1 Å². The van der Waals surface area contributed by atoms with E-state index in [9.17, 15) is 9.59 Å². The van der Waals surface area contributed by atoms with Crippen LogP contribution in [0.3, 0.4) is 0 Å². The monoisotopic (exact) mass is 496 g/mol. The molecule has 1 aromatic heterocycles. The van der Waals surface area contributed by atoms with Crippen LogP contribution in [0, 0.1) is 6.92 Å². The number of aromatic nitrogens is 1. The van der Waals surface area contributed by atoms with E-state index in [1.165, 1.54) is 0 Å². The summed E-state index contributed by atoms with van der Waals surface area (Å²) in [6.45, 7) is 2.74. The van der Waals surface area contributed by atoms with Gasteiger partial charge in [-0.3, -0.25) is 14.9 Å². The lowest BCUT2D eigenvalue weighted by Crippen LogP contribution is -2.58. The van der Waals surface area contributed by atoms with Gasteiger partial charge in [-0.25, -0.2) is 0 Å². The predicted molar refractivity (Wildman–Crippen MR) is 127 cm³/mol. The molecule has 2 aliphatic rings. The number of amides is 2.